The number of carboxylic acids is 1. The van der Waals surface area contributed by atoms with E-state index in [2.05, 4.69) is 5.32 Å². The van der Waals surface area contributed by atoms with Gasteiger partial charge in [0.25, 0.3) is 0 Å². The van der Waals surface area contributed by atoms with E-state index in [1.54, 1.807) is 38.1 Å². The third-order valence-corrected chi connectivity index (χ3v) is 3.03. The lowest BCUT2D eigenvalue weighted by Crippen LogP contribution is -2.52. The monoisotopic (exact) mass is 295 g/mol. The summed E-state index contributed by atoms with van der Waals surface area (Å²) in [4.78, 5) is 23.4. The van der Waals surface area contributed by atoms with Crippen molar-refractivity contribution >= 4 is 11.8 Å². The van der Waals surface area contributed by atoms with Gasteiger partial charge in [-0.3, -0.25) is 14.9 Å². The molecule has 6 heteroatoms. The fourth-order valence-corrected chi connectivity index (χ4v) is 1.86. The highest BCUT2D eigenvalue weighted by Gasteiger charge is 2.29. The SMILES string of the molecule is COc1ccc(C(=O)C(CC(=O)O)NC(C)(C)CO)cc1. The van der Waals surface area contributed by atoms with Crippen molar-refractivity contribution < 1.29 is 24.5 Å². The Labute approximate surface area is 123 Å². The number of hydrogen-bond donors (Lipinski definition) is 3. The molecule has 1 unspecified atom stereocenters. The molecule has 0 saturated heterocycles. The molecule has 0 amide bonds. The van der Waals surface area contributed by atoms with Crippen LogP contribution in [0.15, 0.2) is 24.3 Å². The Bertz CT molecular complexity index is 495. The van der Waals surface area contributed by atoms with E-state index in [9.17, 15) is 14.7 Å². The Balaban J connectivity index is 2.95. The fourth-order valence-electron chi connectivity index (χ4n) is 1.86. The Kier molecular flexibility index (Phi) is 5.87. The maximum absolute atomic E-state index is 12.4. The second-order valence-corrected chi connectivity index (χ2v) is 5.43. The number of aliphatic hydroxyl groups excluding tert-OH is 1. The van der Waals surface area contributed by atoms with Crippen LogP contribution in [0.4, 0.5) is 0 Å². The van der Waals surface area contributed by atoms with Crippen molar-refractivity contribution in [1.29, 1.82) is 0 Å². The van der Waals surface area contributed by atoms with Crippen molar-refractivity contribution in [2.24, 2.45) is 0 Å². The molecule has 1 atom stereocenters. The summed E-state index contributed by atoms with van der Waals surface area (Å²) in [7, 11) is 1.52. The van der Waals surface area contributed by atoms with Gasteiger partial charge in [0.05, 0.1) is 26.2 Å². The first-order valence-electron chi connectivity index (χ1n) is 6.57. The number of rotatable bonds is 8. The van der Waals surface area contributed by atoms with Crippen LogP contribution in [0.1, 0.15) is 30.6 Å². The zero-order chi connectivity index (χ0) is 16.0. The minimum Gasteiger partial charge on any atom is -0.497 e. The number of carboxylic acid groups (broad SMARTS) is 1. The number of aliphatic carboxylic acids is 1. The van der Waals surface area contributed by atoms with Crippen LogP contribution in [0.25, 0.3) is 0 Å². The third kappa shape index (κ3) is 5.17. The molecule has 116 valence electrons. The van der Waals surface area contributed by atoms with Crippen molar-refractivity contribution in [1.82, 2.24) is 5.32 Å². The first kappa shape index (κ1) is 17.1. The van der Waals surface area contributed by atoms with E-state index in [-0.39, 0.29) is 18.8 Å². The minimum atomic E-state index is -1.08. The van der Waals surface area contributed by atoms with Gasteiger partial charge in [-0.2, -0.15) is 0 Å². The number of ketones is 1. The van der Waals surface area contributed by atoms with Crippen molar-refractivity contribution in [3.63, 3.8) is 0 Å². The van der Waals surface area contributed by atoms with Crippen LogP contribution in [-0.4, -0.2) is 47.3 Å². The number of aliphatic hydroxyl groups is 1. The molecule has 0 aromatic heterocycles. The summed E-state index contributed by atoms with van der Waals surface area (Å²) in [6.45, 7) is 3.19. The lowest BCUT2D eigenvalue weighted by Gasteiger charge is -2.28. The normalized spacial score (nSPS) is 12.8. The number of methoxy groups -OCH3 is 1. The lowest BCUT2D eigenvalue weighted by molar-refractivity contribution is -0.137. The molecule has 0 heterocycles. The topological polar surface area (TPSA) is 95.9 Å². The molecule has 0 fully saturated rings. The van der Waals surface area contributed by atoms with Crippen LogP contribution in [-0.2, 0) is 4.79 Å². The predicted molar refractivity (Wildman–Crippen MR) is 77.7 cm³/mol. The number of hydrogen-bond acceptors (Lipinski definition) is 5. The number of carbonyl (C=O) groups excluding carboxylic acids is 1. The summed E-state index contributed by atoms with van der Waals surface area (Å²) >= 11 is 0. The van der Waals surface area contributed by atoms with E-state index in [0.29, 0.717) is 11.3 Å². The molecule has 0 aliphatic carbocycles. The van der Waals surface area contributed by atoms with Crippen LogP contribution < -0.4 is 10.1 Å². The molecule has 1 aromatic carbocycles. The van der Waals surface area contributed by atoms with Gasteiger partial charge in [0.1, 0.15) is 5.75 Å². The van der Waals surface area contributed by atoms with E-state index in [1.165, 1.54) is 7.11 Å². The first-order chi connectivity index (χ1) is 9.79. The zero-order valence-corrected chi connectivity index (χ0v) is 12.4. The van der Waals surface area contributed by atoms with E-state index >= 15 is 0 Å². The van der Waals surface area contributed by atoms with Crippen LogP contribution in [0.2, 0.25) is 0 Å². The van der Waals surface area contributed by atoms with E-state index < -0.39 is 17.6 Å². The highest BCUT2D eigenvalue weighted by molar-refractivity contribution is 6.01. The average Bonchev–Trinajstić information content (AvgIpc) is 2.45. The van der Waals surface area contributed by atoms with Gasteiger partial charge in [-0.1, -0.05) is 0 Å². The van der Waals surface area contributed by atoms with Crippen molar-refractivity contribution in [3.8, 4) is 5.75 Å². The second kappa shape index (κ2) is 7.19. The Hall–Kier alpha value is -1.92. The summed E-state index contributed by atoms with van der Waals surface area (Å²) < 4.78 is 5.02. The van der Waals surface area contributed by atoms with E-state index in [0.717, 1.165) is 0 Å². The fraction of sp³-hybridized carbons (Fsp3) is 0.467. The molecule has 6 nitrogen and oxygen atoms in total. The molecule has 0 radical (unpaired) electrons. The first-order valence-corrected chi connectivity index (χ1v) is 6.57. The summed E-state index contributed by atoms with van der Waals surface area (Å²) in [5, 5.41) is 21.1. The maximum atomic E-state index is 12.4. The summed E-state index contributed by atoms with van der Waals surface area (Å²) in [6, 6.07) is 5.55. The standard InChI is InChI=1S/C15H21NO5/c1-15(2,9-17)16-12(8-13(18)19)14(20)10-4-6-11(21-3)7-5-10/h4-7,12,16-17H,8-9H2,1-3H3,(H,18,19). The average molecular weight is 295 g/mol. The largest absolute Gasteiger partial charge is 0.497 e. The third-order valence-electron chi connectivity index (χ3n) is 3.03. The molecule has 0 saturated carbocycles. The van der Waals surface area contributed by atoms with Gasteiger partial charge in [0, 0.05) is 11.1 Å². The molecule has 1 aromatic rings. The van der Waals surface area contributed by atoms with Crippen molar-refractivity contribution in [3.05, 3.63) is 29.8 Å². The summed E-state index contributed by atoms with van der Waals surface area (Å²) in [5.41, 5.74) is -0.356. The quantitative estimate of drug-likeness (QED) is 0.621. The van der Waals surface area contributed by atoms with Gasteiger partial charge >= 0.3 is 5.97 Å². The number of benzene rings is 1. The van der Waals surface area contributed by atoms with Gasteiger partial charge < -0.3 is 14.9 Å². The van der Waals surface area contributed by atoms with Crippen LogP contribution >= 0.6 is 0 Å². The van der Waals surface area contributed by atoms with Gasteiger partial charge in [-0.15, -0.1) is 0 Å². The Morgan fingerprint density at radius 1 is 1.29 bits per heavy atom. The minimum absolute atomic E-state index is 0.209. The van der Waals surface area contributed by atoms with E-state index in [4.69, 9.17) is 9.84 Å². The number of Topliss-reactive ketones (excluding diaryl/α,β-unsaturated/α-hetero) is 1. The van der Waals surface area contributed by atoms with Crippen LogP contribution in [0.5, 0.6) is 5.75 Å². The number of ether oxygens (including phenoxy) is 1. The van der Waals surface area contributed by atoms with Crippen LogP contribution in [0, 0.1) is 0 Å². The molecule has 1 rings (SSSR count). The zero-order valence-electron chi connectivity index (χ0n) is 12.4. The number of carbonyl (C=O) groups is 2. The molecule has 0 spiro atoms. The molecular formula is C15H21NO5. The lowest BCUT2D eigenvalue weighted by atomic mass is 9.97. The molecule has 3 N–H and O–H groups in total. The van der Waals surface area contributed by atoms with Gasteiger partial charge in [0.2, 0.25) is 0 Å². The molecule has 0 aliphatic rings. The maximum Gasteiger partial charge on any atom is 0.305 e. The molecule has 21 heavy (non-hydrogen) atoms. The number of nitrogens with one attached hydrogen (secondary N) is 1. The van der Waals surface area contributed by atoms with Crippen molar-refractivity contribution in [2.45, 2.75) is 31.8 Å². The summed E-state index contributed by atoms with van der Waals surface area (Å²) in [5.74, 6) is -0.797. The molecule has 0 bridgehead atoms. The Morgan fingerprint density at radius 3 is 2.29 bits per heavy atom. The van der Waals surface area contributed by atoms with Gasteiger partial charge in [-0.05, 0) is 38.1 Å². The van der Waals surface area contributed by atoms with E-state index in [1.807, 2.05) is 0 Å². The smallest absolute Gasteiger partial charge is 0.305 e. The van der Waals surface area contributed by atoms with Gasteiger partial charge in [-0.25, -0.2) is 0 Å². The highest BCUT2D eigenvalue weighted by Crippen LogP contribution is 2.15. The Morgan fingerprint density at radius 2 is 1.86 bits per heavy atom. The second-order valence-electron chi connectivity index (χ2n) is 5.43. The molecular weight excluding hydrogens is 274 g/mol. The molecule has 0 aliphatic heterocycles. The highest BCUT2D eigenvalue weighted by atomic mass is 16.5. The summed E-state index contributed by atoms with van der Waals surface area (Å²) in [6.07, 6.45) is -0.353. The van der Waals surface area contributed by atoms with Crippen molar-refractivity contribution in [2.75, 3.05) is 13.7 Å². The van der Waals surface area contributed by atoms with Gasteiger partial charge in [0.15, 0.2) is 5.78 Å². The predicted octanol–water partition coefficient (Wildman–Crippen LogP) is 1.08. The van der Waals surface area contributed by atoms with Crippen LogP contribution in [0.3, 0.4) is 0 Å².